The lowest BCUT2D eigenvalue weighted by Gasteiger charge is -2.46. The second-order valence-electron chi connectivity index (χ2n) is 6.87. The zero-order valence-corrected chi connectivity index (χ0v) is 13.3. The van der Waals surface area contributed by atoms with Crippen molar-refractivity contribution in [2.24, 2.45) is 5.41 Å². The summed E-state index contributed by atoms with van der Waals surface area (Å²) >= 11 is 0. The molecule has 1 aliphatic heterocycles. The Morgan fingerprint density at radius 1 is 1.30 bits per heavy atom. The van der Waals surface area contributed by atoms with Gasteiger partial charge in [-0.3, -0.25) is 4.90 Å². The van der Waals surface area contributed by atoms with E-state index < -0.39 is 0 Å². The fourth-order valence-corrected chi connectivity index (χ4v) is 3.05. The van der Waals surface area contributed by atoms with Gasteiger partial charge in [-0.2, -0.15) is 0 Å². The van der Waals surface area contributed by atoms with E-state index in [0.29, 0.717) is 12.1 Å². The van der Waals surface area contributed by atoms with Crippen molar-refractivity contribution < 1.29 is 0 Å². The fourth-order valence-electron chi connectivity index (χ4n) is 3.05. The van der Waals surface area contributed by atoms with Crippen molar-refractivity contribution in [2.45, 2.75) is 59.2 Å². The zero-order valence-electron chi connectivity index (χ0n) is 13.3. The van der Waals surface area contributed by atoms with Crippen LogP contribution in [-0.2, 0) is 6.54 Å². The molecular weight excluding hydrogens is 248 g/mol. The molecule has 1 fully saturated rings. The maximum Gasteiger partial charge on any atom is 0.142 e. The molecule has 0 aromatic carbocycles. The SMILES string of the molecule is CCCC1CN(Cc2ncccn2)C(C(C)(C)C)CN1. The lowest BCUT2D eigenvalue weighted by molar-refractivity contribution is 0.0454. The number of nitrogens with one attached hydrogen (secondary N) is 1. The first-order chi connectivity index (χ1) is 9.50. The van der Waals surface area contributed by atoms with Crippen molar-refractivity contribution in [3.63, 3.8) is 0 Å². The third kappa shape index (κ3) is 4.00. The van der Waals surface area contributed by atoms with Crippen LogP contribution in [0.3, 0.4) is 0 Å². The molecule has 1 aliphatic rings. The largest absolute Gasteiger partial charge is 0.311 e. The molecular formula is C16H28N4. The van der Waals surface area contributed by atoms with Crippen LogP contribution in [0.5, 0.6) is 0 Å². The third-order valence-electron chi connectivity index (χ3n) is 4.10. The molecule has 4 heteroatoms. The van der Waals surface area contributed by atoms with E-state index in [1.807, 2.05) is 18.5 Å². The van der Waals surface area contributed by atoms with Gasteiger partial charge >= 0.3 is 0 Å². The summed E-state index contributed by atoms with van der Waals surface area (Å²) in [5.74, 6) is 0.930. The Labute approximate surface area is 123 Å². The van der Waals surface area contributed by atoms with Crippen molar-refractivity contribution in [2.75, 3.05) is 13.1 Å². The summed E-state index contributed by atoms with van der Waals surface area (Å²) in [6.45, 7) is 12.2. The first kappa shape index (κ1) is 15.4. The number of hydrogen-bond donors (Lipinski definition) is 1. The normalized spacial score (nSPS) is 24.8. The van der Waals surface area contributed by atoms with E-state index >= 15 is 0 Å². The van der Waals surface area contributed by atoms with E-state index in [1.165, 1.54) is 12.8 Å². The van der Waals surface area contributed by atoms with Crippen LogP contribution in [0.1, 0.15) is 46.4 Å². The van der Waals surface area contributed by atoms with Gasteiger partial charge in [-0.1, -0.05) is 34.1 Å². The second kappa shape index (κ2) is 6.64. The highest BCUT2D eigenvalue weighted by Crippen LogP contribution is 2.27. The van der Waals surface area contributed by atoms with E-state index in [1.54, 1.807) is 0 Å². The van der Waals surface area contributed by atoms with Gasteiger partial charge in [0.15, 0.2) is 0 Å². The van der Waals surface area contributed by atoms with E-state index in [2.05, 4.69) is 47.9 Å². The van der Waals surface area contributed by atoms with E-state index in [4.69, 9.17) is 0 Å². The van der Waals surface area contributed by atoms with E-state index in [9.17, 15) is 0 Å². The molecule has 0 spiro atoms. The van der Waals surface area contributed by atoms with Crippen molar-refractivity contribution in [3.8, 4) is 0 Å². The lowest BCUT2D eigenvalue weighted by atomic mass is 9.83. The summed E-state index contributed by atoms with van der Waals surface area (Å²) in [5.41, 5.74) is 0.263. The minimum atomic E-state index is 0.263. The van der Waals surface area contributed by atoms with Gasteiger partial charge in [0.1, 0.15) is 5.82 Å². The number of rotatable bonds is 4. The Kier molecular flexibility index (Phi) is 5.11. The molecule has 1 aromatic rings. The van der Waals surface area contributed by atoms with Crippen molar-refractivity contribution in [1.29, 1.82) is 0 Å². The molecule has 2 rings (SSSR count). The Morgan fingerprint density at radius 2 is 2.00 bits per heavy atom. The molecule has 1 N–H and O–H groups in total. The number of nitrogens with zero attached hydrogens (tertiary/aromatic N) is 3. The van der Waals surface area contributed by atoms with E-state index in [-0.39, 0.29) is 5.41 Å². The van der Waals surface area contributed by atoms with Crippen molar-refractivity contribution >= 4 is 0 Å². The summed E-state index contributed by atoms with van der Waals surface area (Å²) in [6, 6.07) is 3.00. The summed E-state index contributed by atoms with van der Waals surface area (Å²) < 4.78 is 0. The molecule has 20 heavy (non-hydrogen) atoms. The van der Waals surface area contributed by atoms with Crippen LogP contribution in [-0.4, -0.2) is 40.0 Å². The zero-order chi connectivity index (χ0) is 14.6. The molecule has 0 radical (unpaired) electrons. The summed E-state index contributed by atoms with van der Waals surface area (Å²) in [4.78, 5) is 11.3. The minimum Gasteiger partial charge on any atom is -0.311 e. The van der Waals surface area contributed by atoms with Crippen LogP contribution in [0.2, 0.25) is 0 Å². The average molecular weight is 276 g/mol. The monoisotopic (exact) mass is 276 g/mol. The maximum absolute atomic E-state index is 4.39. The number of hydrogen-bond acceptors (Lipinski definition) is 4. The first-order valence-corrected chi connectivity index (χ1v) is 7.74. The third-order valence-corrected chi connectivity index (χ3v) is 4.10. The van der Waals surface area contributed by atoms with Crippen molar-refractivity contribution in [3.05, 3.63) is 24.3 Å². The molecule has 1 saturated heterocycles. The van der Waals surface area contributed by atoms with Crippen LogP contribution in [0.4, 0.5) is 0 Å². The topological polar surface area (TPSA) is 41.1 Å². The molecule has 4 nitrogen and oxygen atoms in total. The van der Waals surface area contributed by atoms with Crippen molar-refractivity contribution in [1.82, 2.24) is 20.2 Å². The highest BCUT2D eigenvalue weighted by Gasteiger charge is 2.35. The van der Waals surface area contributed by atoms with Gasteiger partial charge in [-0.25, -0.2) is 9.97 Å². The average Bonchev–Trinajstić information content (AvgIpc) is 2.39. The second-order valence-corrected chi connectivity index (χ2v) is 6.87. The molecule has 0 saturated carbocycles. The Hall–Kier alpha value is -1.00. The maximum atomic E-state index is 4.39. The quantitative estimate of drug-likeness (QED) is 0.917. The molecule has 0 aliphatic carbocycles. The van der Waals surface area contributed by atoms with Gasteiger partial charge in [0.05, 0.1) is 6.54 Å². The highest BCUT2D eigenvalue weighted by atomic mass is 15.3. The lowest BCUT2D eigenvalue weighted by Crippen LogP contribution is -2.60. The molecule has 0 bridgehead atoms. The fraction of sp³-hybridized carbons (Fsp3) is 0.750. The number of piperazine rings is 1. The van der Waals surface area contributed by atoms with Gasteiger partial charge < -0.3 is 5.32 Å². The Bertz CT molecular complexity index is 399. The van der Waals surface area contributed by atoms with Gasteiger partial charge in [-0.05, 0) is 17.9 Å². The Morgan fingerprint density at radius 3 is 2.60 bits per heavy atom. The van der Waals surface area contributed by atoms with Crippen LogP contribution in [0.15, 0.2) is 18.5 Å². The Balaban J connectivity index is 2.09. The number of aromatic nitrogens is 2. The summed E-state index contributed by atoms with van der Waals surface area (Å²) in [7, 11) is 0. The molecule has 2 heterocycles. The summed E-state index contributed by atoms with van der Waals surface area (Å²) in [5, 5.41) is 3.71. The standard InChI is InChI=1S/C16H28N4/c1-5-7-13-11-20(12-15-17-8-6-9-18-15)14(10-19-13)16(2,3)4/h6,8-9,13-14,19H,5,7,10-12H2,1-4H3. The first-order valence-electron chi connectivity index (χ1n) is 7.74. The molecule has 1 aromatic heterocycles. The summed E-state index contributed by atoms with van der Waals surface area (Å²) in [6.07, 6.45) is 6.14. The van der Waals surface area contributed by atoms with Crippen LogP contribution in [0, 0.1) is 5.41 Å². The highest BCUT2D eigenvalue weighted by molar-refractivity contribution is 4.96. The van der Waals surface area contributed by atoms with Gasteiger partial charge in [0.2, 0.25) is 0 Å². The smallest absolute Gasteiger partial charge is 0.142 e. The predicted octanol–water partition coefficient (Wildman–Crippen LogP) is 2.47. The molecule has 2 atom stereocenters. The van der Waals surface area contributed by atoms with Gasteiger partial charge in [0, 0.05) is 37.6 Å². The van der Waals surface area contributed by atoms with Crippen LogP contribution >= 0.6 is 0 Å². The predicted molar refractivity (Wildman–Crippen MR) is 82.4 cm³/mol. The van der Waals surface area contributed by atoms with Crippen LogP contribution < -0.4 is 5.32 Å². The molecule has 0 amide bonds. The van der Waals surface area contributed by atoms with E-state index in [0.717, 1.165) is 25.5 Å². The van der Waals surface area contributed by atoms with Crippen LogP contribution in [0.25, 0.3) is 0 Å². The molecule has 112 valence electrons. The molecule has 2 unspecified atom stereocenters. The van der Waals surface area contributed by atoms with Gasteiger partial charge in [-0.15, -0.1) is 0 Å². The van der Waals surface area contributed by atoms with Gasteiger partial charge in [0.25, 0.3) is 0 Å². The minimum absolute atomic E-state index is 0.263.